The molecular formula is C25H32N2O8. The van der Waals surface area contributed by atoms with E-state index in [1.807, 2.05) is 12.1 Å². The maximum atomic E-state index is 13.1. The standard InChI is InChI=1S/C25H32N2O8/c1-30-19-8-9-21(23(16-19)32-3)27-11-13-34-15-14-33-12-10-26(24(28)17-35-18-25(27)29)20-6-4-5-7-22(20)31-2/h4-9,16H,10-15,17-18H2,1-3H3. The Morgan fingerprint density at radius 1 is 0.657 bits per heavy atom. The van der Waals surface area contributed by atoms with Crippen molar-refractivity contribution in [2.75, 3.05) is 83.9 Å². The lowest BCUT2D eigenvalue weighted by Crippen LogP contribution is -2.39. The molecule has 0 spiro atoms. The first kappa shape index (κ1) is 26.3. The van der Waals surface area contributed by atoms with E-state index in [1.54, 1.807) is 44.6 Å². The second kappa shape index (κ2) is 13.5. The van der Waals surface area contributed by atoms with Gasteiger partial charge in [0.05, 0.1) is 59.1 Å². The highest BCUT2D eigenvalue weighted by Crippen LogP contribution is 2.32. The van der Waals surface area contributed by atoms with Crippen LogP contribution in [0.4, 0.5) is 11.4 Å². The lowest BCUT2D eigenvalue weighted by atomic mass is 10.2. The maximum absolute atomic E-state index is 13.1. The quantitative estimate of drug-likeness (QED) is 0.632. The molecule has 0 radical (unpaired) electrons. The van der Waals surface area contributed by atoms with Crippen LogP contribution < -0.4 is 24.0 Å². The van der Waals surface area contributed by atoms with E-state index in [0.29, 0.717) is 55.0 Å². The van der Waals surface area contributed by atoms with Gasteiger partial charge in [-0.05, 0) is 24.3 Å². The fourth-order valence-electron chi connectivity index (χ4n) is 3.63. The minimum atomic E-state index is -0.333. The number of rotatable bonds is 5. The van der Waals surface area contributed by atoms with Crippen LogP contribution in [-0.4, -0.2) is 85.9 Å². The molecule has 1 aliphatic rings. The van der Waals surface area contributed by atoms with E-state index >= 15 is 0 Å². The third-order valence-electron chi connectivity index (χ3n) is 5.40. The van der Waals surface area contributed by atoms with E-state index in [2.05, 4.69) is 0 Å². The topological polar surface area (TPSA) is 96.0 Å². The highest BCUT2D eigenvalue weighted by Gasteiger charge is 2.23. The number of ether oxygens (including phenoxy) is 6. The summed E-state index contributed by atoms with van der Waals surface area (Å²) in [7, 11) is 4.62. The van der Waals surface area contributed by atoms with E-state index in [-0.39, 0.29) is 38.2 Å². The maximum Gasteiger partial charge on any atom is 0.253 e. The molecule has 1 fully saturated rings. The first-order chi connectivity index (χ1) is 17.1. The molecule has 10 heteroatoms. The van der Waals surface area contributed by atoms with Crippen LogP contribution >= 0.6 is 0 Å². The molecule has 0 saturated carbocycles. The van der Waals surface area contributed by atoms with Gasteiger partial charge in [0.1, 0.15) is 30.5 Å². The fraction of sp³-hybridized carbons (Fsp3) is 0.440. The molecule has 0 aromatic heterocycles. The van der Waals surface area contributed by atoms with E-state index in [4.69, 9.17) is 28.4 Å². The minimum Gasteiger partial charge on any atom is -0.497 e. The zero-order valence-electron chi connectivity index (χ0n) is 20.4. The summed E-state index contributed by atoms with van der Waals surface area (Å²) < 4.78 is 33.0. The lowest BCUT2D eigenvalue weighted by Gasteiger charge is -2.26. The molecule has 0 bridgehead atoms. The van der Waals surface area contributed by atoms with Crippen LogP contribution in [0.2, 0.25) is 0 Å². The molecule has 1 aliphatic heterocycles. The predicted molar refractivity (Wildman–Crippen MR) is 130 cm³/mol. The van der Waals surface area contributed by atoms with Gasteiger partial charge < -0.3 is 38.2 Å². The molecule has 2 amide bonds. The molecule has 190 valence electrons. The monoisotopic (exact) mass is 488 g/mol. The third kappa shape index (κ3) is 7.08. The van der Waals surface area contributed by atoms with Gasteiger partial charge in [-0.15, -0.1) is 0 Å². The SMILES string of the molecule is COc1ccc(N2CCOCCOCCN(c3ccccc3OC)C(=O)COCC2=O)c(OC)c1. The van der Waals surface area contributed by atoms with Crippen LogP contribution in [0.1, 0.15) is 0 Å². The van der Waals surface area contributed by atoms with Crippen LogP contribution in [0, 0.1) is 0 Å². The van der Waals surface area contributed by atoms with Gasteiger partial charge in [-0.3, -0.25) is 9.59 Å². The largest absolute Gasteiger partial charge is 0.497 e. The summed E-state index contributed by atoms with van der Waals surface area (Å²) in [6.45, 7) is 1.28. The molecule has 2 aromatic carbocycles. The first-order valence-electron chi connectivity index (χ1n) is 11.3. The number of anilines is 2. The van der Waals surface area contributed by atoms with Crippen LogP contribution in [0.3, 0.4) is 0 Å². The first-order valence-corrected chi connectivity index (χ1v) is 11.3. The number of amides is 2. The smallest absolute Gasteiger partial charge is 0.253 e. The van der Waals surface area contributed by atoms with Gasteiger partial charge in [0.25, 0.3) is 11.8 Å². The number of nitrogens with zero attached hydrogens (tertiary/aromatic N) is 2. The van der Waals surface area contributed by atoms with Gasteiger partial charge in [-0.25, -0.2) is 0 Å². The summed E-state index contributed by atoms with van der Waals surface area (Å²) in [6, 6.07) is 12.4. The summed E-state index contributed by atoms with van der Waals surface area (Å²) in [6.07, 6.45) is 0. The van der Waals surface area contributed by atoms with Gasteiger partial charge in [0.2, 0.25) is 0 Å². The van der Waals surface area contributed by atoms with Crippen molar-refractivity contribution in [3.05, 3.63) is 42.5 Å². The Morgan fingerprint density at radius 3 is 1.80 bits per heavy atom. The molecule has 1 heterocycles. The summed E-state index contributed by atoms with van der Waals surface area (Å²) >= 11 is 0. The van der Waals surface area contributed by atoms with E-state index in [0.717, 1.165) is 0 Å². The fourth-order valence-corrected chi connectivity index (χ4v) is 3.63. The van der Waals surface area contributed by atoms with Crippen molar-refractivity contribution in [2.24, 2.45) is 0 Å². The van der Waals surface area contributed by atoms with Crippen LogP contribution in [-0.2, 0) is 23.8 Å². The zero-order chi connectivity index (χ0) is 25.0. The number of benzene rings is 2. The van der Waals surface area contributed by atoms with Gasteiger partial charge >= 0.3 is 0 Å². The molecule has 0 N–H and O–H groups in total. The molecule has 0 unspecified atom stereocenters. The summed E-state index contributed by atoms with van der Waals surface area (Å²) in [5.41, 5.74) is 1.15. The normalized spacial score (nSPS) is 16.9. The van der Waals surface area contributed by atoms with E-state index < -0.39 is 0 Å². The van der Waals surface area contributed by atoms with Gasteiger partial charge in [-0.2, -0.15) is 0 Å². The van der Waals surface area contributed by atoms with Crippen LogP contribution in [0.15, 0.2) is 42.5 Å². The van der Waals surface area contributed by atoms with Gasteiger partial charge in [-0.1, -0.05) is 12.1 Å². The second-order valence-corrected chi connectivity index (χ2v) is 7.52. The predicted octanol–water partition coefficient (Wildman–Crippen LogP) is 2.14. The zero-order valence-corrected chi connectivity index (χ0v) is 20.4. The van der Waals surface area contributed by atoms with Gasteiger partial charge in [0.15, 0.2) is 0 Å². The molecule has 0 atom stereocenters. The number of hydrogen-bond acceptors (Lipinski definition) is 8. The third-order valence-corrected chi connectivity index (χ3v) is 5.40. The summed E-state index contributed by atoms with van der Waals surface area (Å²) in [4.78, 5) is 29.2. The Kier molecular flexibility index (Phi) is 10.1. The van der Waals surface area contributed by atoms with Crippen LogP contribution in [0.25, 0.3) is 0 Å². The van der Waals surface area contributed by atoms with Crippen molar-refractivity contribution in [2.45, 2.75) is 0 Å². The van der Waals surface area contributed by atoms with Crippen molar-refractivity contribution in [3.8, 4) is 17.2 Å². The highest BCUT2D eigenvalue weighted by atomic mass is 16.5. The number of methoxy groups -OCH3 is 3. The molecule has 1 saturated heterocycles. The molecule has 35 heavy (non-hydrogen) atoms. The summed E-state index contributed by atoms with van der Waals surface area (Å²) in [5, 5.41) is 0. The second-order valence-electron chi connectivity index (χ2n) is 7.52. The molecule has 3 rings (SSSR count). The Bertz CT molecular complexity index is 984. The van der Waals surface area contributed by atoms with Crippen LogP contribution in [0.5, 0.6) is 17.2 Å². The average Bonchev–Trinajstić information content (AvgIpc) is 2.89. The van der Waals surface area contributed by atoms with E-state index in [1.165, 1.54) is 16.9 Å². The average molecular weight is 489 g/mol. The number of hydrogen-bond donors (Lipinski definition) is 0. The van der Waals surface area contributed by atoms with Crippen molar-refractivity contribution < 1.29 is 38.0 Å². The Labute approximate surface area is 205 Å². The van der Waals surface area contributed by atoms with Crippen molar-refractivity contribution >= 4 is 23.2 Å². The molecule has 0 aliphatic carbocycles. The number of para-hydroxylation sites is 2. The lowest BCUT2D eigenvalue weighted by molar-refractivity contribution is -0.128. The number of carbonyl (C=O) groups is 2. The Balaban J connectivity index is 1.79. The Hall–Kier alpha value is -3.34. The summed E-state index contributed by atoms with van der Waals surface area (Å²) in [5.74, 6) is 0.974. The number of carbonyl (C=O) groups excluding carboxylic acids is 2. The molecular weight excluding hydrogens is 456 g/mol. The molecule has 2 aromatic rings. The minimum absolute atomic E-state index is 0.270. The Morgan fingerprint density at radius 2 is 1.23 bits per heavy atom. The van der Waals surface area contributed by atoms with Gasteiger partial charge in [0, 0.05) is 19.2 Å². The molecule has 10 nitrogen and oxygen atoms in total. The van der Waals surface area contributed by atoms with Crippen molar-refractivity contribution in [3.63, 3.8) is 0 Å². The van der Waals surface area contributed by atoms with Crippen molar-refractivity contribution in [1.82, 2.24) is 0 Å². The van der Waals surface area contributed by atoms with Crippen molar-refractivity contribution in [1.29, 1.82) is 0 Å². The van der Waals surface area contributed by atoms with E-state index in [9.17, 15) is 9.59 Å². The highest BCUT2D eigenvalue weighted by molar-refractivity contribution is 5.97.